The SMILES string of the molecule is CCCCN(C)c1ncc(NC(=O)c2ccccc2F)cc1C(=O)O. The molecule has 0 saturated heterocycles. The average molecular weight is 345 g/mol. The maximum Gasteiger partial charge on any atom is 0.339 e. The number of amides is 1. The number of carbonyl (C=O) groups is 2. The topological polar surface area (TPSA) is 82.5 Å². The first-order chi connectivity index (χ1) is 11.9. The fraction of sp³-hybridized carbons (Fsp3) is 0.278. The number of nitrogens with zero attached hydrogens (tertiary/aromatic N) is 2. The van der Waals surface area contributed by atoms with Crippen molar-refractivity contribution in [2.45, 2.75) is 19.8 Å². The molecule has 132 valence electrons. The molecule has 1 aromatic carbocycles. The molecule has 1 amide bonds. The molecule has 0 aliphatic carbocycles. The molecular formula is C18H20FN3O3. The second kappa shape index (κ2) is 8.23. The monoisotopic (exact) mass is 345 g/mol. The van der Waals surface area contributed by atoms with E-state index in [9.17, 15) is 19.1 Å². The number of hydrogen-bond donors (Lipinski definition) is 2. The lowest BCUT2D eigenvalue weighted by Crippen LogP contribution is -2.23. The van der Waals surface area contributed by atoms with Crippen LogP contribution in [0.5, 0.6) is 0 Å². The van der Waals surface area contributed by atoms with Gasteiger partial charge in [-0.25, -0.2) is 14.2 Å². The maximum atomic E-state index is 13.7. The number of nitrogens with one attached hydrogen (secondary N) is 1. The van der Waals surface area contributed by atoms with E-state index in [1.165, 1.54) is 30.5 Å². The van der Waals surface area contributed by atoms with Crippen molar-refractivity contribution in [1.82, 2.24) is 4.98 Å². The minimum Gasteiger partial charge on any atom is -0.478 e. The number of halogens is 1. The highest BCUT2D eigenvalue weighted by atomic mass is 19.1. The number of carboxylic acid groups (broad SMARTS) is 1. The standard InChI is InChI=1S/C18H20FN3O3/c1-3-4-9-22(2)16-14(18(24)25)10-12(11-20-16)21-17(23)13-7-5-6-8-15(13)19/h5-8,10-11H,3-4,9H2,1-2H3,(H,21,23)(H,24,25). The molecule has 1 aromatic heterocycles. The van der Waals surface area contributed by atoms with Gasteiger partial charge in [-0.3, -0.25) is 4.79 Å². The van der Waals surface area contributed by atoms with Gasteiger partial charge in [-0.2, -0.15) is 0 Å². The van der Waals surface area contributed by atoms with Gasteiger partial charge in [0.25, 0.3) is 5.91 Å². The van der Waals surface area contributed by atoms with Crippen molar-refractivity contribution < 1.29 is 19.1 Å². The van der Waals surface area contributed by atoms with Crippen LogP contribution in [-0.2, 0) is 0 Å². The number of pyridine rings is 1. The largest absolute Gasteiger partial charge is 0.478 e. The highest BCUT2D eigenvalue weighted by Gasteiger charge is 2.18. The second-order valence-electron chi connectivity index (χ2n) is 5.61. The summed E-state index contributed by atoms with van der Waals surface area (Å²) < 4.78 is 13.7. The minimum absolute atomic E-state index is 0.0232. The van der Waals surface area contributed by atoms with Crippen molar-refractivity contribution in [1.29, 1.82) is 0 Å². The van der Waals surface area contributed by atoms with Gasteiger partial charge in [-0.1, -0.05) is 25.5 Å². The molecule has 2 N–H and O–H groups in total. The number of hydrogen-bond acceptors (Lipinski definition) is 4. The van der Waals surface area contributed by atoms with Crippen molar-refractivity contribution in [2.24, 2.45) is 0 Å². The fourth-order valence-electron chi connectivity index (χ4n) is 2.33. The Balaban J connectivity index is 2.25. The number of aromatic carboxylic acids is 1. The third-order valence-electron chi connectivity index (χ3n) is 3.68. The van der Waals surface area contributed by atoms with Crippen LogP contribution in [0.2, 0.25) is 0 Å². The molecule has 0 fully saturated rings. The van der Waals surface area contributed by atoms with Gasteiger partial charge < -0.3 is 15.3 Å². The van der Waals surface area contributed by atoms with Crippen LogP contribution in [-0.4, -0.2) is 35.6 Å². The van der Waals surface area contributed by atoms with Gasteiger partial charge in [0.15, 0.2) is 0 Å². The molecule has 0 bridgehead atoms. The van der Waals surface area contributed by atoms with Gasteiger partial charge in [0, 0.05) is 13.6 Å². The van der Waals surface area contributed by atoms with Crippen LogP contribution >= 0.6 is 0 Å². The molecule has 0 spiro atoms. The second-order valence-corrected chi connectivity index (χ2v) is 5.61. The van der Waals surface area contributed by atoms with E-state index in [-0.39, 0.29) is 16.8 Å². The maximum absolute atomic E-state index is 13.7. The molecule has 0 radical (unpaired) electrons. The summed E-state index contributed by atoms with van der Waals surface area (Å²) in [5.41, 5.74) is 0.0479. The fourth-order valence-corrected chi connectivity index (χ4v) is 2.33. The van der Waals surface area contributed by atoms with E-state index in [2.05, 4.69) is 10.3 Å². The Kier molecular flexibility index (Phi) is 6.05. The highest BCUT2D eigenvalue weighted by Crippen LogP contribution is 2.21. The van der Waals surface area contributed by atoms with Crippen molar-refractivity contribution in [3.63, 3.8) is 0 Å². The van der Waals surface area contributed by atoms with Gasteiger partial charge in [-0.15, -0.1) is 0 Å². The molecule has 25 heavy (non-hydrogen) atoms. The normalized spacial score (nSPS) is 10.4. The molecule has 0 atom stereocenters. The third-order valence-corrected chi connectivity index (χ3v) is 3.68. The van der Waals surface area contributed by atoms with Crippen LogP contribution in [0, 0.1) is 5.82 Å². The zero-order valence-corrected chi connectivity index (χ0v) is 14.1. The minimum atomic E-state index is -1.15. The van der Waals surface area contributed by atoms with Gasteiger partial charge in [0.05, 0.1) is 17.4 Å². The molecule has 0 aliphatic rings. The summed E-state index contributed by atoms with van der Waals surface area (Å²) in [4.78, 5) is 29.6. The smallest absolute Gasteiger partial charge is 0.339 e. The van der Waals surface area contributed by atoms with Crippen molar-refractivity contribution in [2.75, 3.05) is 23.8 Å². The molecule has 0 saturated carbocycles. The molecule has 2 aromatic rings. The Bertz CT molecular complexity index is 780. The van der Waals surface area contributed by atoms with E-state index in [4.69, 9.17) is 0 Å². The predicted octanol–water partition coefficient (Wildman–Crippen LogP) is 3.41. The van der Waals surface area contributed by atoms with E-state index in [0.717, 1.165) is 12.8 Å². The van der Waals surface area contributed by atoms with Crippen molar-refractivity contribution in [3.8, 4) is 0 Å². The lowest BCUT2D eigenvalue weighted by molar-refractivity contribution is 0.0696. The Morgan fingerprint density at radius 3 is 2.64 bits per heavy atom. The van der Waals surface area contributed by atoms with Crippen LogP contribution in [0.25, 0.3) is 0 Å². The van der Waals surface area contributed by atoms with Crippen molar-refractivity contribution in [3.05, 3.63) is 53.5 Å². The number of benzene rings is 1. The molecule has 2 rings (SSSR count). The lowest BCUT2D eigenvalue weighted by Gasteiger charge is -2.20. The molecule has 1 heterocycles. The molecule has 7 heteroatoms. The highest BCUT2D eigenvalue weighted by molar-refractivity contribution is 6.05. The Labute approximate surface area is 145 Å². The number of anilines is 2. The number of aromatic nitrogens is 1. The van der Waals surface area contributed by atoms with Gasteiger partial charge in [-0.05, 0) is 24.6 Å². The molecule has 0 aliphatic heterocycles. The first-order valence-corrected chi connectivity index (χ1v) is 7.94. The Morgan fingerprint density at radius 2 is 2.00 bits per heavy atom. The quantitative estimate of drug-likeness (QED) is 0.803. The predicted molar refractivity (Wildman–Crippen MR) is 93.7 cm³/mol. The average Bonchev–Trinajstić information content (AvgIpc) is 2.59. The zero-order valence-electron chi connectivity index (χ0n) is 14.1. The summed E-state index contributed by atoms with van der Waals surface area (Å²) in [6.07, 6.45) is 3.25. The first kappa shape index (κ1) is 18.4. The summed E-state index contributed by atoms with van der Waals surface area (Å²) >= 11 is 0. The third kappa shape index (κ3) is 4.53. The van der Waals surface area contributed by atoms with E-state index < -0.39 is 17.7 Å². The van der Waals surface area contributed by atoms with Gasteiger partial charge >= 0.3 is 5.97 Å². The zero-order chi connectivity index (χ0) is 18.4. The van der Waals surface area contributed by atoms with Gasteiger partial charge in [0.2, 0.25) is 0 Å². The molecule has 0 unspecified atom stereocenters. The van der Waals surface area contributed by atoms with Crippen LogP contribution in [0.4, 0.5) is 15.9 Å². The summed E-state index contributed by atoms with van der Waals surface area (Å²) in [7, 11) is 1.77. The van der Waals surface area contributed by atoms with E-state index in [1.54, 1.807) is 18.0 Å². The first-order valence-electron chi connectivity index (χ1n) is 7.94. The summed E-state index contributed by atoms with van der Waals surface area (Å²) in [6, 6.07) is 6.89. The van der Waals surface area contributed by atoms with Crippen LogP contribution < -0.4 is 10.2 Å². The van der Waals surface area contributed by atoms with Crippen LogP contribution in [0.1, 0.15) is 40.5 Å². The van der Waals surface area contributed by atoms with Crippen LogP contribution in [0.3, 0.4) is 0 Å². The Morgan fingerprint density at radius 1 is 1.28 bits per heavy atom. The van der Waals surface area contributed by atoms with Crippen molar-refractivity contribution >= 4 is 23.4 Å². The molecule has 6 nitrogen and oxygen atoms in total. The number of unbranched alkanes of at least 4 members (excludes halogenated alkanes) is 1. The lowest BCUT2D eigenvalue weighted by atomic mass is 10.2. The summed E-state index contributed by atoms with van der Waals surface area (Å²) in [6.45, 7) is 2.71. The number of rotatable bonds is 7. The number of carboxylic acids is 1. The van der Waals surface area contributed by atoms with Gasteiger partial charge in [0.1, 0.15) is 17.2 Å². The Hall–Kier alpha value is -2.96. The number of carbonyl (C=O) groups excluding carboxylic acids is 1. The van der Waals surface area contributed by atoms with E-state index in [0.29, 0.717) is 12.4 Å². The summed E-state index contributed by atoms with van der Waals surface area (Å²) in [5, 5.41) is 11.9. The summed E-state index contributed by atoms with van der Waals surface area (Å²) in [5.74, 6) is -2.14. The van der Waals surface area contributed by atoms with E-state index >= 15 is 0 Å². The van der Waals surface area contributed by atoms with E-state index in [1.807, 2.05) is 6.92 Å². The van der Waals surface area contributed by atoms with Crippen LogP contribution in [0.15, 0.2) is 36.5 Å². The molecular weight excluding hydrogens is 325 g/mol.